The van der Waals surface area contributed by atoms with E-state index >= 15 is 0 Å². The highest BCUT2D eigenvalue weighted by Crippen LogP contribution is 2.03. The fourth-order valence-corrected chi connectivity index (χ4v) is 1.21. The quantitative estimate of drug-likeness (QED) is 0.787. The first kappa shape index (κ1) is 10.7. The summed E-state index contributed by atoms with van der Waals surface area (Å²) < 4.78 is 0. The van der Waals surface area contributed by atoms with Crippen LogP contribution in [0.2, 0.25) is 0 Å². The molecule has 1 atom stereocenters. The lowest BCUT2D eigenvalue weighted by molar-refractivity contribution is 0.557. The number of nitrogens with one attached hydrogen (secondary N) is 1. The van der Waals surface area contributed by atoms with Gasteiger partial charge in [-0.2, -0.15) is 5.26 Å². The predicted molar refractivity (Wildman–Crippen MR) is 57.7 cm³/mol. The van der Waals surface area contributed by atoms with Gasteiger partial charge in [-0.25, -0.2) is 0 Å². The number of rotatable bonds is 4. The molecule has 1 rings (SSSR count). The molecule has 0 aliphatic heterocycles. The van der Waals surface area contributed by atoms with Gasteiger partial charge in [-0.1, -0.05) is 29.8 Å². The van der Waals surface area contributed by atoms with Crippen LogP contribution in [-0.2, 0) is 6.54 Å². The van der Waals surface area contributed by atoms with Crippen molar-refractivity contribution in [2.24, 2.45) is 0 Å². The Hall–Kier alpha value is -1.33. The third kappa shape index (κ3) is 3.59. The van der Waals surface area contributed by atoms with Crippen molar-refractivity contribution >= 4 is 0 Å². The van der Waals surface area contributed by atoms with Gasteiger partial charge in [0.15, 0.2) is 0 Å². The van der Waals surface area contributed by atoms with Gasteiger partial charge in [0, 0.05) is 12.6 Å². The Labute approximate surface area is 85.6 Å². The maximum atomic E-state index is 8.48. The Morgan fingerprint density at radius 3 is 2.57 bits per heavy atom. The van der Waals surface area contributed by atoms with Gasteiger partial charge in [0.05, 0.1) is 12.5 Å². The highest BCUT2D eigenvalue weighted by Gasteiger charge is 1.99. The van der Waals surface area contributed by atoms with Crippen molar-refractivity contribution in [1.82, 2.24) is 5.32 Å². The molecule has 0 heterocycles. The van der Waals surface area contributed by atoms with Gasteiger partial charge in [0.2, 0.25) is 0 Å². The van der Waals surface area contributed by atoms with Gasteiger partial charge in [-0.3, -0.25) is 0 Å². The van der Waals surface area contributed by atoms with E-state index in [0.717, 1.165) is 6.54 Å². The second-order valence-electron chi connectivity index (χ2n) is 3.63. The van der Waals surface area contributed by atoms with Crippen LogP contribution in [0.25, 0.3) is 0 Å². The minimum Gasteiger partial charge on any atom is -0.309 e. The minimum atomic E-state index is 0.265. The number of benzene rings is 1. The Kier molecular flexibility index (Phi) is 4.15. The van der Waals surface area contributed by atoms with Crippen LogP contribution in [0.3, 0.4) is 0 Å². The van der Waals surface area contributed by atoms with E-state index in [-0.39, 0.29) is 6.04 Å². The van der Waals surface area contributed by atoms with E-state index < -0.39 is 0 Å². The summed E-state index contributed by atoms with van der Waals surface area (Å²) in [5.74, 6) is 0. The van der Waals surface area contributed by atoms with Gasteiger partial charge in [-0.15, -0.1) is 0 Å². The van der Waals surface area contributed by atoms with Gasteiger partial charge in [0.25, 0.3) is 0 Å². The van der Waals surface area contributed by atoms with Gasteiger partial charge in [-0.05, 0) is 19.4 Å². The SMILES string of the molecule is Cc1ccc(CNC(C)CC#N)cc1. The monoisotopic (exact) mass is 188 g/mol. The van der Waals surface area contributed by atoms with Crippen LogP contribution >= 0.6 is 0 Å². The van der Waals surface area contributed by atoms with E-state index in [1.165, 1.54) is 11.1 Å². The predicted octanol–water partition coefficient (Wildman–Crippen LogP) is 2.39. The van der Waals surface area contributed by atoms with Crippen LogP contribution in [0, 0.1) is 18.3 Å². The molecule has 0 saturated carbocycles. The van der Waals surface area contributed by atoms with Crippen LogP contribution < -0.4 is 5.32 Å². The number of aryl methyl sites for hydroxylation is 1. The molecule has 2 heteroatoms. The first-order valence-corrected chi connectivity index (χ1v) is 4.88. The van der Waals surface area contributed by atoms with E-state index in [1.807, 2.05) is 6.92 Å². The van der Waals surface area contributed by atoms with E-state index in [4.69, 9.17) is 5.26 Å². The first-order valence-electron chi connectivity index (χ1n) is 4.88. The Morgan fingerprint density at radius 1 is 1.36 bits per heavy atom. The average molecular weight is 188 g/mol. The summed E-state index contributed by atoms with van der Waals surface area (Å²) in [5, 5.41) is 11.8. The summed E-state index contributed by atoms with van der Waals surface area (Å²) in [6, 6.07) is 10.8. The number of hydrogen-bond acceptors (Lipinski definition) is 2. The lowest BCUT2D eigenvalue weighted by atomic mass is 10.1. The zero-order valence-corrected chi connectivity index (χ0v) is 8.75. The summed E-state index contributed by atoms with van der Waals surface area (Å²) in [7, 11) is 0. The largest absolute Gasteiger partial charge is 0.309 e. The second kappa shape index (κ2) is 5.41. The minimum absolute atomic E-state index is 0.265. The maximum Gasteiger partial charge on any atom is 0.0638 e. The normalized spacial score (nSPS) is 12.1. The molecule has 0 bridgehead atoms. The Balaban J connectivity index is 2.39. The first-order chi connectivity index (χ1) is 6.72. The molecular formula is C12H16N2. The summed E-state index contributed by atoms with van der Waals surface area (Å²) in [5.41, 5.74) is 2.54. The summed E-state index contributed by atoms with van der Waals surface area (Å²) >= 11 is 0. The molecule has 0 saturated heterocycles. The molecule has 74 valence electrons. The second-order valence-corrected chi connectivity index (χ2v) is 3.63. The molecule has 0 spiro atoms. The van der Waals surface area contributed by atoms with Crippen LogP contribution in [0.5, 0.6) is 0 Å². The third-order valence-corrected chi connectivity index (χ3v) is 2.17. The maximum absolute atomic E-state index is 8.48. The fraction of sp³-hybridized carbons (Fsp3) is 0.417. The fourth-order valence-electron chi connectivity index (χ4n) is 1.21. The van der Waals surface area contributed by atoms with Crippen molar-refractivity contribution in [2.45, 2.75) is 32.9 Å². The highest BCUT2D eigenvalue weighted by molar-refractivity contribution is 5.21. The van der Waals surface area contributed by atoms with Crippen molar-refractivity contribution in [3.05, 3.63) is 35.4 Å². The van der Waals surface area contributed by atoms with Crippen molar-refractivity contribution in [3.63, 3.8) is 0 Å². The highest BCUT2D eigenvalue weighted by atomic mass is 14.9. The van der Waals surface area contributed by atoms with E-state index in [2.05, 4.69) is 42.6 Å². The molecule has 2 nitrogen and oxygen atoms in total. The molecule has 0 amide bonds. The van der Waals surface area contributed by atoms with E-state index in [9.17, 15) is 0 Å². The van der Waals surface area contributed by atoms with Crippen LogP contribution in [0.15, 0.2) is 24.3 Å². The molecule has 0 fully saturated rings. The smallest absolute Gasteiger partial charge is 0.0638 e. The van der Waals surface area contributed by atoms with Crippen molar-refractivity contribution in [2.75, 3.05) is 0 Å². The van der Waals surface area contributed by atoms with Crippen molar-refractivity contribution in [1.29, 1.82) is 5.26 Å². The van der Waals surface area contributed by atoms with Gasteiger partial charge in [0.1, 0.15) is 0 Å². The Morgan fingerprint density at radius 2 is 2.00 bits per heavy atom. The number of nitriles is 1. The lowest BCUT2D eigenvalue weighted by Crippen LogP contribution is -2.24. The van der Waals surface area contributed by atoms with E-state index in [1.54, 1.807) is 0 Å². The topological polar surface area (TPSA) is 35.8 Å². The standard InChI is InChI=1S/C12H16N2/c1-10-3-5-12(6-4-10)9-14-11(2)7-8-13/h3-6,11,14H,7,9H2,1-2H3. The van der Waals surface area contributed by atoms with Crippen LogP contribution in [0.1, 0.15) is 24.5 Å². The molecular weight excluding hydrogens is 172 g/mol. The zero-order chi connectivity index (χ0) is 10.4. The molecule has 1 aromatic rings. The molecule has 1 aromatic carbocycles. The van der Waals surface area contributed by atoms with Crippen LogP contribution in [-0.4, -0.2) is 6.04 Å². The summed E-state index contributed by atoms with van der Waals surface area (Å²) in [6.45, 7) is 4.94. The van der Waals surface area contributed by atoms with E-state index in [0.29, 0.717) is 6.42 Å². The molecule has 0 aromatic heterocycles. The number of hydrogen-bond donors (Lipinski definition) is 1. The molecule has 0 aliphatic rings. The van der Waals surface area contributed by atoms with Gasteiger partial charge >= 0.3 is 0 Å². The van der Waals surface area contributed by atoms with Gasteiger partial charge < -0.3 is 5.32 Å². The average Bonchev–Trinajstić information content (AvgIpc) is 2.17. The third-order valence-electron chi connectivity index (χ3n) is 2.17. The molecule has 0 aliphatic carbocycles. The summed E-state index contributed by atoms with van der Waals surface area (Å²) in [4.78, 5) is 0. The summed E-state index contributed by atoms with van der Waals surface area (Å²) in [6.07, 6.45) is 0.561. The zero-order valence-electron chi connectivity index (χ0n) is 8.75. The molecule has 1 N–H and O–H groups in total. The molecule has 1 unspecified atom stereocenters. The molecule has 0 radical (unpaired) electrons. The lowest BCUT2D eigenvalue weighted by Gasteiger charge is -2.09. The molecule has 14 heavy (non-hydrogen) atoms. The van der Waals surface area contributed by atoms with Crippen molar-refractivity contribution in [3.8, 4) is 6.07 Å². The Bertz CT molecular complexity index is 308. The van der Waals surface area contributed by atoms with Crippen LogP contribution in [0.4, 0.5) is 0 Å². The number of nitrogens with zero attached hydrogens (tertiary/aromatic N) is 1. The van der Waals surface area contributed by atoms with Crippen molar-refractivity contribution < 1.29 is 0 Å².